The number of aliphatic hydroxyl groups is 1. The van der Waals surface area contributed by atoms with Crippen LogP contribution in [0.2, 0.25) is 0 Å². The minimum absolute atomic E-state index is 0.0308. The van der Waals surface area contributed by atoms with Crippen LogP contribution in [-0.2, 0) is 4.79 Å². The van der Waals surface area contributed by atoms with Gasteiger partial charge in [0.05, 0.1) is 6.54 Å². The number of aliphatic hydroxyl groups excluding tert-OH is 1. The molecule has 84 valence electrons. The van der Waals surface area contributed by atoms with Crippen LogP contribution in [0.3, 0.4) is 0 Å². The molecule has 1 unspecified atom stereocenters. The van der Waals surface area contributed by atoms with Gasteiger partial charge < -0.3 is 15.7 Å². The van der Waals surface area contributed by atoms with E-state index in [-0.39, 0.29) is 12.5 Å². The quantitative estimate of drug-likeness (QED) is 0.495. The third-order valence-electron chi connectivity index (χ3n) is 2.13. The van der Waals surface area contributed by atoms with Gasteiger partial charge in [-0.15, -0.1) is 0 Å². The fraction of sp³-hybridized carbons (Fsp3) is 0.900. The van der Waals surface area contributed by atoms with E-state index in [1.165, 1.54) is 0 Å². The summed E-state index contributed by atoms with van der Waals surface area (Å²) in [5, 5.41) is 14.4. The largest absolute Gasteiger partial charge is 0.396 e. The first-order valence-corrected chi connectivity index (χ1v) is 5.31. The Morgan fingerprint density at radius 3 is 2.71 bits per heavy atom. The Hall–Kier alpha value is -0.610. The van der Waals surface area contributed by atoms with E-state index in [0.717, 1.165) is 19.3 Å². The van der Waals surface area contributed by atoms with Crippen LogP contribution < -0.4 is 10.6 Å². The van der Waals surface area contributed by atoms with Crippen molar-refractivity contribution in [1.29, 1.82) is 0 Å². The van der Waals surface area contributed by atoms with Crippen LogP contribution in [0.25, 0.3) is 0 Å². The number of rotatable bonds is 8. The van der Waals surface area contributed by atoms with Crippen LogP contribution in [0.1, 0.15) is 33.1 Å². The standard InChI is InChI=1S/C10H22N2O2/c1-3-9(2)12-8-10(14)11-6-4-5-7-13/h9,12-13H,3-8H2,1-2H3,(H,11,14). The fourth-order valence-corrected chi connectivity index (χ4v) is 0.938. The number of unbranched alkanes of at least 4 members (excludes halogenated alkanes) is 1. The normalized spacial score (nSPS) is 12.5. The van der Waals surface area contributed by atoms with Gasteiger partial charge in [0.2, 0.25) is 5.91 Å². The zero-order valence-electron chi connectivity index (χ0n) is 9.18. The zero-order valence-corrected chi connectivity index (χ0v) is 9.18. The predicted molar refractivity (Wildman–Crippen MR) is 57.1 cm³/mol. The van der Waals surface area contributed by atoms with Crippen molar-refractivity contribution in [2.75, 3.05) is 19.7 Å². The molecule has 1 atom stereocenters. The van der Waals surface area contributed by atoms with E-state index in [2.05, 4.69) is 24.5 Å². The lowest BCUT2D eigenvalue weighted by molar-refractivity contribution is -0.120. The molecular weight excluding hydrogens is 180 g/mol. The monoisotopic (exact) mass is 202 g/mol. The molecule has 0 aromatic heterocycles. The third kappa shape index (κ3) is 8.01. The second kappa shape index (κ2) is 8.97. The van der Waals surface area contributed by atoms with Crippen molar-refractivity contribution < 1.29 is 9.90 Å². The number of hydrogen-bond donors (Lipinski definition) is 3. The highest BCUT2D eigenvalue weighted by Gasteiger charge is 2.02. The van der Waals surface area contributed by atoms with Crippen LogP contribution in [0.15, 0.2) is 0 Å². The summed E-state index contributed by atoms with van der Waals surface area (Å²) in [6.07, 6.45) is 2.61. The van der Waals surface area contributed by atoms with Crippen LogP contribution in [-0.4, -0.2) is 36.8 Å². The Morgan fingerprint density at radius 2 is 2.14 bits per heavy atom. The molecule has 0 aliphatic carbocycles. The molecule has 0 radical (unpaired) electrons. The van der Waals surface area contributed by atoms with Gasteiger partial charge in [-0.05, 0) is 26.2 Å². The molecule has 0 saturated carbocycles. The van der Waals surface area contributed by atoms with Gasteiger partial charge >= 0.3 is 0 Å². The van der Waals surface area contributed by atoms with E-state index in [0.29, 0.717) is 19.1 Å². The molecule has 0 heterocycles. The first-order valence-electron chi connectivity index (χ1n) is 5.31. The minimum atomic E-state index is 0.0308. The van der Waals surface area contributed by atoms with Crippen molar-refractivity contribution in [1.82, 2.24) is 10.6 Å². The van der Waals surface area contributed by atoms with Gasteiger partial charge in [0.1, 0.15) is 0 Å². The van der Waals surface area contributed by atoms with E-state index in [1.807, 2.05) is 0 Å². The topological polar surface area (TPSA) is 61.4 Å². The van der Waals surface area contributed by atoms with E-state index < -0.39 is 0 Å². The molecule has 0 fully saturated rings. The smallest absolute Gasteiger partial charge is 0.233 e. The van der Waals surface area contributed by atoms with Crippen molar-refractivity contribution in [3.8, 4) is 0 Å². The molecule has 4 heteroatoms. The molecular formula is C10H22N2O2. The highest BCUT2D eigenvalue weighted by molar-refractivity contribution is 5.77. The SMILES string of the molecule is CCC(C)NCC(=O)NCCCCO. The Labute approximate surface area is 86.1 Å². The minimum Gasteiger partial charge on any atom is -0.396 e. The first-order chi connectivity index (χ1) is 6.70. The van der Waals surface area contributed by atoms with Gasteiger partial charge in [-0.25, -0.2) is 0 Å². The van der Waals surface area contributed by atoms with Gasteiger partial charge in [-0.3, -0.25) is 4.79 Å². The Morgan fingerprint density at radius 1 is 1.43 bits per heavy atom. The summed E-state index contributed by atoms with van der Waals surface area (Å²) in [6.45, 7) is 5.37. The lowest BCUT2D eigenvalue weighted by atomic mass is 10.2. The maximum atomic E-state index is 11.2. The number of nitrogens with one attached hydrogen (secondary N) is 2. The van der Waals surface area contributed by atoms with Crippen LogP contribution in [0, 0.1) is 0 Å². The molecule has 0 rings (SSSR count). The van der Waals surface area contributed by atoms with E-state index >= 15 is 0 Å². The maximum Gasteiger partial charge on any atom is 0.233 e. The van der Waals surface area contributed by atoms with Gasteiger partial charge in [-0.2, -0.15) is 0 Å². The fourth-order valence-electron chi connectivity index (χ4n) is 0.938. The van der Waals surface area contributed by atoms with Crippen LogP contribution >= 0.6 is 0 Å². The molecule has 0 aliphatic heterocycles. The van der Waals surface area contributed by atoms with Crippen LogP contribution in [0.4, 0.5) is 0 Å². The number of hydrogen-bond acceptors (Lipinski definition) is 3. The molecule has 4 nitrogen and oxygen atoms in total. The van der Waals surface area contributed by atoms with E-state index in [1.54, 1.807) is 0 Å². The second-order valence-corrected chi connectivity index (χ2v) is 3.47. The summed E-state index contributed by atoms with van der Waals surface area (Å²) in [4.78, 5) is 11.2. The number of amides is 1. The van der Waals surface area contributed by atoms with Crippen molar-refractivity contribution in [3.05, 3.63) is 0 Å². The molecule has 0 aromatic carbocycles. The first kappa shape index (κ1) is 13.4. The van der Waals surface area contributed by atoms with E-state index in [4.69, 9.17) is 5.11 Å². The summed E-state index contributed by atoms with van der Waals surface area (Å²) in [6, 6.07) is 0.387. The molecule has 0 aliphatic rings. The summed E-state index contributed by atoms with van der Waals surface area (Å²) >= 11 is 0. The molecule has 0 saturated heterocycles. The van der Waals surface area contributed by atoms with Gasteiger partial charge in [0.15, 0.2) is 0 Å². The average molecular weight is 202 g/mol. The zero-order chi connectivity index (χ0) is 10.8. The summed E-state index contributed by atoms with van der Waals surface area (Å²) in [5.74, 6) is 0.0308. The predicted octanol–water partition coefficient (Wildman–Crippen LogP) is 0.263. The molecule has 14 heavy (non-hydrogen) atoms. The van der Waals surface area contributed by atoms with Crippen molar-refractivity contribution in [2.24, 2.45) is 0 Å². The summed E-state index contributed by atoms with van der Waals surface area (Å²) in [7, 11) is 0. The second-order valence-electron chi connectivity index (χ2n) is 3.47. The third-order valence-corrected chi connectivity index (χ3v) is 2.13. The molecule has 0 bridgehead atoms. The Balaban J connectivity index is 3.28. The average Bonchev–Trinajstić information content (AvgIpc) is 2.21. The van der Waals surface area contributed by atoms with Crippen molar-refractivity contribution in [2.45, 2.75) is 39.2 Å². The Bertz CT molecular complexity index is 151. The molecule has 0 spiro atoms. The summed E-state index contributed by atoms with van der Waals surface area (Å²) < 4.78 is 0. The van der Waals surface area contributed by atoms with Crippen molar-refractivity contribution in [3.63, 3.8) is 0 Å². The number of carbonyl (C=O) groups is 1. The highest BCUT2D eigenvalue weighted by Crippen LogP contribution is 1.86. The van der Waals surface area contributed by atoms with Gasteiger partial charge in [-0.1, -0.05) is 6.92 Å². The highest BCUT2D eigenvalue weighted by atomic mass is 16.2. The lowest BCUT2D eigenvalue weighted by Gasteiger charge is -2.10. The maximum absolute atomic E-state index is 11.2. The molecule has 1 amide bonds. The van der Waals surface area contributed by atoms with Crippen LogP contribution in [0.5, 0.6) is 0 Å². The number of carbonyl (C=O) groups excluding carboxylic acids is 1. The Kier molecular flexibility index (Phi) is 8.57. The molecule has 0 aromatic rings. The van der Waals surface area contributed by atoms with E-state index in [9.17, 15) is 4.79 Å². The van der Waals surface area contributed by atoms with Gasteiger partial charge in [0, 0.05) is 19.2 Å². The molecule has 3 N–H and O–H groups in total. The summed E-state index contributed by atoms with van der Waals surface area (Å²) in [5.41, 5.74) is 0. The van der Waals surface area contributed by atoms with Gasteiger partial charge in [0.25, 0.3) is 0 Å². The lowest BCUT2D eigenvalue weighted by Crippen LogP contribution is -2.38. The van der Waals surface area contributed by atoms with Crippen molar-refractivity contribution >= 4 is 5.91 Å².